The summed E-state index contributed by atoms with van der Waals surface area (Å²) in [5.41, 5.74) is 1.10. The van der Waals surface area contributed by atoms with Crippen LogP contribution in [0.2, 0.25) is 0 Å². The lowest BCUT2D eigenvalue weighted by Crippen LogP contribution is -2.29. The van der Waals surface area contributed by atoms with E-state index in [2.05, 4.69) is 20.9 Å². The first-order chi connectivity index (χ1) is 16.6. The van der Waals surface area contributed by atoms with E-state index in [1.165, 1.54) is 12.1 Å². The number of nitrogens with zero attached hydrogens (tertiary/aromatic N) is 2. The number of aryl methyl sites for hydroxylation is 2. The number of benzene rings is 2. The summed E-state index contributed by atoms with van der Waals surface area (Å²) in [7, 11) is 0. The van der Waals surface area contributed by atoms with Crippen molar-refractivity contribution < 1.29 is 28.6 Å². The summed E-state index contributed by atoms with van der Waals surface area (Å²) in [6, 6.07) is 9.89. The molecule has 1 saturated heterocycles. The zero-order valence-corrected chi connectivity index (χ0v) is 21.4. The van der Waals surface area contributed by atoms with Gasteiger partial charge < -0.3 is 9.84 Å². The average molecular weight is 559 g/mol. The van der Waals surface area contributed by atoms with Crippen LogP contribution in [0.15, 0.2) is 52.5 Å². The molecule has 2 heterocycles. The molecule has 1 aliphatic rings. The zero-order chi connectivity index (χ0) is 25.4. The number of aliphatic hydroxyl groups excluding tert-OH is 1. The molecule has 7 nitrogen and oxygen atoms in total. The molecule has 180 valence electrons. The first-order valence-corrected chi connectivity index (χ1v) is 12.2. The van der Waals surface area contributed by atoms with Crippen LogP contribution in [-0.4, -0.2) is 34.4 Å². The Balaban J connectivity index is 1.92. The predicted molar refractivity (Wildman–Crippen MR) is 133 cm³/mol. The van der Waals surface area contributed by atoms with E-state index in [-0.39, 0.29) is 27.8 Å². The number of thiazole rings is 1. The van der Waals surface area contributed by atoms with Crippen LogP contribution in [0, 0.1) is 19.7 Å². The zero-order valence-electron chi connectivity index (χ0n) is 19.0. The molecule has 4 rings (SSSR count). The first kappa shape index (κ1) is 24.7. The molecular formula is C25H20BrFN2O5S. The summed E-state index contributed by atoms with van der Waals surface area (Å²) in [5.74, 6) is -3.51. The summed E-state index contributed by atoms with van der Waals surface area (Å²) < 4.78 is 20.1. The Labute approximate surface area is 213 Å². The highest BCUT2D eigenvalue weighted by molar-refractivity contribution is 9.10. The molecule has 0 spiro atoms. The minimum Gasteiger partial charge on any atom is -0.507 e. The van der Waals surface area contributed by atoms with Crippen molar-refractivity contribution >= 4 is 55.8 Å². The Kier molecular flexibility index (Phi) is 6.86. The van der Waals surface area contributed by atoms with Crippen LogP contribution in [0.25, 0.3) is 5.76 Å². The largest absolute Gasteiger partial charge is 0.507 e. The standard InChI is InChI=1S/C25H20BrFN2O5S/c1-4-34-24(33)22-13(3)28-25(35-22)29-19(14-7-9-16(26)10-8-14)18(21(31)23(29)32)20(30)15-6-5-12(2)17(27)11-15/h5-11,19,30H,4H2,1-3H3/t19-/m0/s1. The Morgan fingerprint density at radius 2 is 1.89 bits per heavy atom. The van der Waals surface area contributed by atoms with Crippen molar-refractivity contribution in [3.05, 3.63) is 85.6 Å². The van der Waals surface area contributed by atoms with E-state index in [9.17, 15) is 23.9 Å². The van der Waals surface area contributed by atoms with Gasteiger partial charge in [0, 0.05) is 10.0 Å². The number of esters is 1. The fourth-order valence-corrected chi connectivity index (χ4v) is 5.01. The normalized spacial score (nSPS) is 17.2. The number of aromatic nitrogens is 1. The van der Waals surface area contributed by atoms with Crippen molar-refractivity contribution in [1.82, 2.24) is 4.98 Å². The van der Waals surface area contributed by atoms with E-state index >= 15 is 0 Å². The van der Waals surface area contributed by atoms with Gasteiger partial charge in [-0.3, -0.25) is 14.5 Å². The first-order valence-electron chi connectivity index (χ1n) is 10.6. The van der Waals surface area contributed by atoms with Gasteiger partial charge in [-0.2, -0.15) is 0 Å². The molecule has 3 aromatic rings. The monoisotopic (exact) mass is 558 g/mol. The summed E-state index contributed by atoms with van der Waals surface area (Å²) in [6.07, 6.45) is 0. The maximum Gasteiger partial charge on any atom is 0.350 e. The number of rotatable bonds is 5. The van der Waals surface area contributed by atoms with Gasteiger partial charge in [-0.1, -0.05) is 51.5 Å². The Bertz CT molecular complexity index is 1380. The molecule has 0 unspecified atom stereocenters. The predicted octanol–water partition coefficient (Wildman–Crippen LogP) is 5.46. The van der Waals surface area contributed by atoms with Gasteiger partial charge in [-0.25, -0.2) is 14.2 Å². The quantitative estimate of drug-likeness (QED) is 0.193. The van der Waals surface area contributed by atoms with Crippen molar-refractivity contribution in [2.75, 3.05) is 11.5 Å². The molecule has 0 radical (unpaired) electrons. The lowest BCUT2D eigenvalue weighted by molar-refractivity contribution is -0.132. The third-order valence-electron chi connectivity index (χ3n) is 5.53. The van der Waals surface area contributed by atoms with Gasteiger partial charge >= 0.3 is 11.9 Å². The number of ether oxygens (including phenoxy) is 1. The number of aliphatic hydroxyl groups is 1. The molecule has 1 aromatic heterocycles. The number of hydrogen-bond donors (Lipinski definition) is 1. The van der Waals surface area contributed by atoms with Crippen molar-refractivity contribution in [2.24, 2.45) is 0 Å². The third-order valence-corrected chi connectivity index (χ3v) is 7.19. The Morgan fingerprint density at radius 3 is 2.51 bits per heavy atom. The number of anilines is 1. The number of carbonyl (C=O) groups is 3. The summed E-state index contributed by atoms with van der Waals surface area (Å²) in [6.45, 7) is 5.02. The van der Waals surface area contributed by atoms with Crippen LogP contribution < -0.4 is 4.90 Å². The second-order valence-electron chi connectivity index (χ2n) is 7.82. The van der Waals surface area contributed by atoms with Crippen molar-refractivity contribution in [3.63, 3.8) is 0 Å². The lowest BCUT2D eigenvalue weighted by Gasteiger charge is -2.23. The average Bonchev–Trinajstić information content (AvgIpc) is 3.33. The second-order valence-corrected chi connectivity index (χ2v) is 9.71. The Morgan fingerprint density at radius 1 is 1.20 bits per heavy atom. The van der Waals surface area contributed by atoms with Crippen molar-refractivity contribution in [3.8, 4) is 0 Å². The van der Waals surface area contributed by atoms with Gasteiger partial charge in [0.1, 0.15) is 16.5 Å². The van der Waals surface area contributed by atoms with E-state index in [1.54, 1.807) is 45.0 Å². The summed E-state index contributed by atoms with van der Waals surface area (Å²) in [4.78, 5) is 44.5. The SMILES string of the molecule is CCOC(=O)c1sc(N2C(=O)C(=O)C(=C(O)c3ccc(C)c(F)c3)[C@@H]2c2ccc(Br)cc2)nc1C. The van der Waals surface area contributed by atoms with Crippen molar-refractivity contribution in [1.29, 1.82) is 0 Å². The molecule has 1 amide bonds. The molecule has 0 aliphatic carbocycles. The number of Topliss-reactive ketones (excluding diaryl/α,β-unsaturated/α-hetero) is 1. The molecular weight excluding hydrogens is 539 g/mol. The molecule has 35 heavy (non-hydrogen) atoms. The van der Waals surface area contributed by atoms with E-state index in [1.807, 2.05) is 0 Å². The number of hydrogen-bond acceptors (Lipinski definition) is 7. The van der Waals surface area contributed by atoms with E-state index in [4.69, 9.17) is 4.74 Å². The fourth-order valence-electron chi connectivity index (χ4n) is 3.76. The highest BCUT2D eigenvalue weighted by Gasteiger charge is 2.48. The van der Waals surface area contributed by atoms with E-state index in [0.717, 1.165) is 26.8 Å². The maximum atomic E-state index is 14.2. The minimum absolute atomic E-state index is 0.0655. The lowest BCUT2D eigenvalue weighted by atomic mass is 9.95. The molecule has 0 saturated carbocycles. The van der Waals surface area contributed by atoms with Gasteiger partial charge in [0.15, 0.2) is 5.13 Å². The smallest absolute Gasteiger partial charge is 0.350 e. The third kappa shape index (κ3) is 4.51. The molecule has 1 N–H and O–H groups in total. The topological polar surface area (TPSA) is 96.8 Å². The maximum absolute atomic E-state index is 14.2. The molecule has 1 fully saturated rings. The van der Waals surface area contributed by atoms with Gasteiger partial charge in [-0.15, -0.1) is 0 Å². The van der Waals surface area contributed by atoms with Crippen LogP contribution in [0.3, 0.4) is 0 Å². The van der Waals surface area contributed by atoms with Crippen LogP contribution in [0.4, 0.5) is 9.52 Å². The van der Waals surface area contributed by atoms with Crippen LogP contribution in [0.1, 0.15) is 45.0 Å². The van der Waals surface area contributed by atoms with Gasteiger partial charge in [0.25, 0.3) is 5.78 Å². The van der Waals surface area contributed by atoms with Gasteiger partial charge in [-0.05, 0) is 50.1 Å². The van der Waals surface area contributed by atoms with Gasteiger partial charge in [0.05, 0.1) is 23.9 Å². The summed E-state index contributed by atoms with van der Waals surface area (Å²) >= 11 is 4.28. The van der Waals surface area contributed by atoms with E-state index < -0.39 is 35.3 Å². The van der Waals surface area contributed by atoms with Crippen molar-refractivity contribution in [2.45, 2.75) is 26.8 Å². The highest BCUT2D eigenvalue weighted by Crippen LogP contribution is 2.44. The van der Waals surface area contributed by atoms with Crippen LogP contribution in [0.5, 0.6) is 0 Å². The molecule has 1 aliphatic heterocycles. The molecule has 0 bridgehead atoms. The molecule has 2 aromatic carbocycles. The molecule has 10 heteroatoms. The molecule has 1 atom stereocenters. The van der Waals surface area contributed by atoms with E-state index in [0.29, 0.717) is 16.8 Å². The second kappa shape index (κ2) is 9.71. The minimum atomic E-state index is -1.05. The number of amides is 1. The number of halogens is 2. The highest BCUT2D eigenvalue weighted by atomic mass is 79.9. The Hall–Kier alpha value is -3.37. The van der Waals surface area contributed by atoms with Gasteiger partial charge in [0.2, 0.25) is 0 Å². The fraction of sp³-hybridized carbons (Fsp3) is 0.200. The number of ketones is 1. The van der Waals surface area contributed by atoms with Crippen LogP contribution in [-0.2, 0) is 14.3 Å². The van der Waals surface area contributed by atoms with Crippen LogP contribution >= 0.6 is 27.3 Å². The number of carbonyl (C=O) groups excluding carboxylic acids is 3. The summed E-state index contributed by atoms with van der Waals surface area (Å²) in [5, 5.41) is 11.2.